The molecule has 0 bridgehead atoms. The number of sulfonamides is 1. The molecule has 0 atom stereocenters. The normalized spacial score (nSPS) is 11.8. The van der Waals surface area contributed by atoms with Crippen molar-refractivity contribution in [3.8, 4) is 0 Å². The van der Waals surface area contributed by atoms with Crippen molar-refractivity contribution in [3.05, 3.63) is 29.8 Å². The molecule has 0 aliphatic carbocycles. The third-order valence-electron chi connectivity index (χ3n) is 2.30. The zero-order chi connectivity index (χ0) is 12.2. The highest BCUT2D eigenvalue weighted by atomic mass is 32.2. The van der Waals surface area contributed by atoms with E-state index in [1.165, 1.54) is 6.26 Å². The van der Waals surface area contributed by atoms with Gasteiger partial charge in [0.1, 0.15) is 0 Å². The Hall–Kier alpha value is -1.03. The van der Waals surface area contributed by atoms with Gasteiger partial charge in [0.05, 0.1) is 11.9 Å². The number of hydrogen-bond acceptors (Lipinski definition) is 2. The van der Waals surface area contributed by atoms with Crippen LogP contribution in [0.5, 0.6) is 0 Å². The summed E-state index contributed by atoms with van der Waals surface area (Å²) in [5.74, 6) is 0.617. The van der Waals surface area contributed by atoms with Crippen LogP contribution in [0.15, 0.2) is 24.3 Å². The zero-order valence-electron chi connectivity index (χ0n) is 10.0. The third-order valence-corrected chi connectivity index (χ3v) is 2.89. The van der Waals surface area contributed by atoms with Crippen molar-refractivity contribution in [2.24, 2.45) is 5.92 Å². The van der Waals surface area contributed by atoms with Gasteiger partial charge in [0.15, 0.2) is 0 Å². The molecule has 90 valence electrons. The van der Waals surface area contributed by atoms with E-state index >= 15 is 0 Å². The lowest BCUT2D eigenvalue weighted by molar-refractivity contribution is 0.587. The van der Waals surface area contributed by atoms with Crippen LogP contribution in [-0.2, 0) is 16.4 Å². The smallest absolute Gasteiger partial charge is 0.229 e. The summed E-state index contributed by atoms with van der Waals surface area (Å²) in [6.07, 6.45) is 3.13. The molecule has 0 unspecified atom stereocenters. The fourth-order valence-corrected chi connectivity index (χ4v) is 2.08. The standard InChI is InChI=1S/C12H19NO2S/c1-10(2)8-9-11-6-4-5-7-12(11)13-16(3,14)15/h4-7,10,13H,8-9H2,1-3H3. The maximum absolute atomic E-state index is 11.2. The van der Waals surface area contributed by atoms with Crippen molar-refractivity contribution in [3.63, 3.8) is 0 Å². The molecule has 16 heavy (non-hydrogen) atoms. The summed E-state index contributed by atoms with van der Waals surface area (Å²) in [6.45, 7) is 4.32. The highest BCUT2D eigenvalue weighted by molar-refractivity contribution is 7.92. The van der Waals surface area contributed by atoms with Crippen LogP contribution < -0.4 is 4.72 Å². The van der Waals surface area contributed by atoms with Crippen molar-refractivity contribution < 1.29 is 8.42 Å². The molecule has 0 aromatic heterocycles. The van der Waals surface area contributed by atoms with E-state index in [1.807, 2.05) is 18.2 Å². The Morgan fingerprint density at radius 3 is 2.44 bits per heavy atom. The lowest BCUT2D eigenvalue weighted by Gasteiger charge is -2.11. The lowest BCUT2D eigenvalue weighted by atomic mass is 10.0. The quantitative estimate of drug-likeness (QED) is 0.861. The molecule has 0 amide bonds. The minimum absolute atomic E-state index is 0.617. The van der Waals surface area contributed by atoms with Crippen LogP contribution in [0.1, 0.15) is 25.8 Å². The van der Waals surface area contributed by atoms with Gasteiger partial charge in [0.25, 0.3) is 0 Å². The fraction of sp³-hybridized carbons (Fsp3) is 0.500. The summed E-state index contributed by atoms with van der Waals surface area (Å²) in [4.78, 5) is 0. The summed E-state index contributed by atoms with van der Waals surface area (Å²) < 4.78 is 24.9. The topological polar surface area (TPSA) is 46.2 Å². The van der Waals surface area contributed by atoms with Gasteiger partial charge in [-0.15, -0.1) is 0 Å². The van der Waals surface area contributed by atoms with Crippen LogP contribution >= 0.6 is 0 Å². The molecule has 0 heterocycles. The second kappa shape index (κ2) is 5.34. The molecular weight excluding hydrogens is 222 g/mol. The predicted molar refractivity (Wildman–Crippen MR) is 68.1 cm³/mol. The first-order chi connectivity index (χ1) is 7.38. The first-order valence-corrected chi connectivity index (χ1v) is 7.33. The molecule has 1 aromatic carbocycles. The van der Waals surface area contributed by atoms with Crippen molar-refractivity contribution in [1.82, 2.24) is 0 Å². The fourth-order valence-electron chi connectivity index (χ4n) is 1.48. The van der Waals surface area contributed by atoms with E-state index < -0.39 is 10.0 Å². The van der Waals surface area contributed by atoms with E-state index in [-0.39, 0.29) is 0 Å². The minimum atomic E-state index is -3.19. The van der Waals surface area contributed by atoms with Crippen LogP contribution in [0.25, 0.3) is 0 Å². The summed E-state index contributed by atoms with van der Waals surface area (Å²) >= 11 is 0. The van der Waals surface area contributed by atoms with E-state index in [0.717, 1.165) is 18.4 Å². The van der Waals surface area contributed by atoms with Crippen LogP contribution in [-0.4, -0.2) is 14.7 Å². The maximum atomic E-state index is 11.2. The van der Waals surface area contributed by atoms with E-state index in [1.54, 1.807) is 6.07 Å². The molecule has 0 aliphatic rings. The highest BCUT2D eigenvalue weighted by Gasteiger charge is 2.07. The molecule has 1 N–H and O–H groups in total. The largest absolute Gasteiger partial charge is 0.284 e. The van der Waals surface area contributed by atoms with Gasteiger partial charge >= 0.3 is 0 Å². The Morgan fingerprint density at radius 2 is 1.88 bits per heavy atom. The van der Waals surface area contributed by atoms with E-state index in [4.69, 9.17) is 0 Å². The molecule has 0 saturated carbocycles. The van der Waals surface area contributed by atoms with Gasteiger partial charge in [0.2, 0.25) is 10.0 Å². The van der Waals surface area contributed by atoms with Crippen LogP contribution in [0, 0.1) is 5.92 Å². The van der Waals surface area contributed by atoms with E-state index in [9.17, 15) is 8.42 Å². The number of rotatable bonds is 5. The number of aryl methyl sites for hydroxylation is 1. The Balaban J connectivity index is 2.83. The minimum Gasteiger partial charge on any atom is -0.284 e. The molecule has 1 rings (SSSR count). The Kier molecular flexibility index (Phi) is 4.35. The first-order valence-electron chi connectivity index (χ1n) is 5.44. The average Bonchev–Trinajstić information content (AvgIpc) is 2.14. The number of benzene rings is 1. The Labute approximate surface area is 97.9 Å². The number of anilines is 1. The number of para-hydroxylation sites is 1. The number of nitrogens with one attached hydrogen (secondary N) is 1. The van der Waals surface area contributed by atoms with Crippen LogP contribution in [0.4, 0.5) is 5.69 Å². The third kappa shape index (κ3) is 4.66. The first kappa shape index (κ1) is 13.0. The van der Waals surface area contributed by atoms with Crippen molar-refractivity contribution >= 4 is 15.7 Å². The molecule has 0 spiro atoms. The van der Waals surface area contributed by atoms with Gasteiger partial charge in [-0.25, -0.2) is 8.42 Å². The van der Waals surface area contributed by atoms with Crippen molar-refractivity contribution in [1.29, 1.82) is 0 Å². The van der Waals surface area contributed by atoms with Crippen molar-refractivity contribution in [2.45, 2.75) is 26.7 Å². The van der Waals surface area contributed by atoms with E-state index in [2.05, 4.69) is 18.6 Å². The number of hydrogen-bond donors (Lipinski definition) is 1. The zero-order valence-corrected chi connectivity index (χ0v) is 10.8. The second-order valence-electron chi connectivity index (χ2n) is 4.46. The summed E-state index contributed by atoms with van der Waals surface area (Å²) in [5, 5.41) is 0. The SMILES string of the molecule is CC(C)CCc1ccccc1NS(C)(=O)=O. The molecular formula is C12H19NO2S. The maximum Gasteiger partial charge on any atom is 0.229 e. The summed E-state index contributed by atoms with van der Waals surface area (Å²) in [7, 11) is -3.19. The lowest BCUT2D eigenvalue weighted by Crippen LogP contribution is -2.11. The van der Waals surface area contributed by atoms with Gasteiger partial charge in [-0.2, -0.15) is 0 Å². The average molecular weight is 241 g/mol. The van der Waals surface area contributed by atoms with Crippen LogP contribution in [0.2, 0.25) is 0 Å². The molecule has 1 aromatic rings. The van der Waals surface area contributed by atoms with Gasteiger partial charge in [0, 0.05) is 0 Å². The molecule has 3 nitrogen and oxygen atoms in total. The van der Waals surface area contributed by atoms with Gasteiger partial charge in [-0.1, -0.05) is 32.0 Å². The Bertz CT molecular complexity index is 438. The van der Waals surface area contributed by atoms with Gasteiger partial charge in [-0.3, -0.25) is 4.72 Å². The highest BCUT2D eigenvalue weighted by Crippen LogP contribution is 2.19. The predicted octanol–water partition coefficient (Wildman–Crippen LogP) is 2.65. The van der Waals surface area contributed by atoms with Gasteiger partial charge in [-0.05, 0) is 30.4 Å². The monoisotopic (exact) mass is 241 g/mol. The molecule has 0 aliphatic heterocycles. The Morgan fingerprint density at radius 1 is 1.25 bits per heavy atom. The summed E-state index contributed by atoms with van der Waals surface area (Å²) in [5.41, 5.74) is 1.76. The molecule has 0 fully saturated rings. The van der Waals surface area contributed by atoms with Crippen molar-refractivity contribution in [2.75, 3.05) is 11.0 Å². The van der Waals surface area contributed by atoms with Gasteiger partial charge < -0.3 is 0 Å². The molecule has 4 heteroatoms. The van der Waals surface area contributed by atoms with E-state index in [0.29, 0.717) is 11.6 Å². The van der Waals surface area contributed by atoms with Crippen LogP contribution in [0.3, 0.4) is 0 Å². The molecule has 0 radical (unpaired) electrons. The molecule has 0 saturated heterocycles. The second-order valence-corrected chi connectivity index (χ2v) is 6.21. The summed E-state index contributed by atoms with van der Waals surface area (Å²) in [6, 6.07) is 7.54.